The van der Waals surface area contributed by atoms with E-state index in [0.717, 1.165) is 34.4 Å². The summed E-state index contributed by atoms with van der Waals surface area (Å²) in [4.78, 5) is 26.9. The number of hydrogen-bond donors (Lipinski definition) is 4. The number of rotatable bonds is 8. The molecular formula is C29H33N5O2. The van der Waals surface area contributed by atoms with Gasteiger partial charge in [-0.2, -0.15) is 0 Å². The largest absolute Gasteiger partial charge is 0.342 e. The van der Waals surface area contributed by atoms with Gasteiger partial charge in [-0.3, -0.25) is 15.1 Å². The van der Waals surface area contributed by atoms with Crippen molar-refractivity contribution in [2.75, 3.05) is 5.32 Å². The third-order valence-electron chi connectivity index (χ3n) is 6.43. The lowest BCUT2D eigenvalue weighted by atomic mass is 9.93. The molecule has 0 radical (unpaired) electrons. The first-order chi connectivity index (χ1) is 17.2. The molecular weight excluding hydrogens is 450 g/mol. The second kappa shape index (κ2) is 10.6. The van der Waals surface area contributed by atoms with Crippen molar-refractivity contribution in [2.24, 2.45) is 0 Å². The first-order valence-corrected chi connectivity index (χ1v) is 12.2. The summed E-state index contributed by atoms with van der Waals surface area (Å²) in [6.07, 6.45) is 1.37. The van der Waals surface area contributed by atoms with Gasteiger partial charge < -0.3 is 16.0 Å². The Hall–Kier alpha value is -4.13. The van der Waals surface area contributed by atoms with E-state index < -0.39 is 5.54 Å². The molecule has 1 saturated heterocycles. The highest BCUT2D eigenvalue weighted by Gasteiger charge is 2.45. The maximum Gasteiger partial charge on any atom is 0.319 e. The van der Waals surface area contributed by atoms with Gasteiger partial charge in [-0.15, -0.1) is 0 Å². The highest BCUT2D eigenvalue weighted by Crippen LogP contribution is 2.24. The number of hydrogen-bond acceptors (Lipinski definition) is 3. The molecule has 1 heterocycles. The van der Waals surface area contributed by atoms with E-state index in [1.807, 2.05) is 75.4 Å². The molecule has 4 N–H and O–H groups in total. The summed E-state index contributed by atoms with van der Waals surface area (Å²) >= 11 is 0. The van der Waals surface area contributed by atoms with Crippen LogP contribution < -0.4 is 16.0 Å². The summed E-state index contributed by atoms with van der Waals surface area (Å²) in [6, 6.07) is 23.4. The number of amides is 3. The fourth-order valence-electron chi connectivity index (χ4n) is 4.49. The average Bonchev–Trinajstić information content (AvgIpc) is 3.05. The normalized spacial score (nSPS) is 17.1. The van der Waals surface area contributed by atoms with Crippen LogP contribution in [0.3, 0.4) is 0 Å². The van der Waals surface area contributed by atoms with Crippen molar-refractivity contribution in [3.8, 4) is 0 Å². The van der Waals surface area contributed by atoms with Gasteiger partial charge in [0.2, 0.25) is 0 Å². The molecule has 186 valence electrons. The third kappa shape index (κ3) is 6.10. The van der Waals surface area contributed by atoms with Crippen LogP contribution in [0.1, 0.15) is 41.2 Å². The quantitative estimate of drug-likeness (QED) is 0.367. The number of nitrogens with zero attached hydrogens (tertiary/aromatic N) is 1. The van der Waals surface area contributed by atoms with E-state index in [1.54, 1.807) is 0 Å². The summed E-state index contributed by atoms with van der Waals surface area (Å²) in [6.45, 7) is 6.57. The first kappa shape index (κ1) is 25.0. The zero-order chi connectivity index (χ0) is 25.7. The molecule has 7 nitrogen and oxygen atoms in total. The van der Waals surface area contributed by atoms with E-state index in [0.29, 0.717) is 19.5 Å². The molecule has 0 aromatic heterocycles. The molecule has 0 spiro atoms. The van der Waals surface area contributed by atoms with Gasteiger partial charge in [0.15, 0.2) is 5.96 Å². The Morgan fingerprint density at radius 1 is 0.944 bits per heavy atom. The van der Waals surface area contributed by atoms with Crippen molar-refractivity contribution in [2.45, 2.75) is 52.2 Å². The van der Waals surface area contributed by atoms with Gasteiger partial charge in [0.25, 0.3) is 5.91 Å². The predicted molar refractivity (Wildman–Crippen MR) is 143 cm³/mol. The van der Waals surface area contributed by atoms with E-state index >= 15 is 0 Å². The lowest BCUT2D eigenvalue weighted by Crippen LogP contribution is -2.44. The number of carbonyl (C=O) groups is 2. The van der Waals surface area contributed by atoms with Crippen molar-refractivity contribution in [3.63, 3.8) is 0 Å². The molecule has 0 aliphatic carbocycles. The van der Waals surface area contributed by atoms with E-state index in [4.69, 9.17) is 5.41 Å². The smallest absolute Gasteiger partial charge is 0.319 e. The molecule has 3 aromatic rings. The van der Waals surface area contributed by atoms with Crippen LogP contribution in [-0.4, -0.2) is 28.3 Å². The van der Waals surface area contributed by atoms with Gasteiger partial charge in [0.05, 0.1) is 6.54 Å². The molecule has 36 heavy (non-hydrogen) atoms. The topological polar surface area (TPSA) is 97.3 Å². The number of aryl methyl sites for hydroxylation is 3. The molecule has 3 aromatic carbocycles. The number of anilines is 1. The van der Waals surface area contributed by atoms with Crippen molar-refractivity contribution in [1.29, 1.82) is 5.41 Å². The Kier molecular flexibility index (Phi) is 7.38. The van der Waals surface area contributed by atoms with Crippen molar-refractivity contribution in [3.05, 3.63) is 101 Å². The lowest BCUT2D eigenvalue weighted by Gasteiger charge is -2.22. The van der Waals surface area contributed by atoms with Crippen LogP contribution in [0.2, 0.25) is 0 Å². The van der Waals surface area contributed by atoms with Crippen LogP contribution >= 0.6 is 0 Å². The number of urea groups is 1. The van der Waals surface area contributed by atoms with Crippen LogP contribution in [0.15, 0.2) is 72.8 Å². The summed E-state index contributed by atoms with van der Waals surface area (Å²) in [7, 11) is 0. The maximum atomic E-state index is 13.2. The molecule has 1 atom stereocenters. The highest BCUT2D eigenvalue weighted by atomic mass is 16.2. The number of guanidine groups is 1. The molecule has 0 unspecified atom stereocenters. The SMILES string of the molecule is Cc1cc(C)cc(NC(=O)NCc2ccc(CN3C(=N)N[C@](C)(CCc4ccccc4)C3=O)cc2)c1. The summed E-state index contributed by atoms with van der Waals surface area (Å²) in [5.74, 6) is 0.0431. The van der Waals surface area contributed by atoms with Crippen LogP contribution in [-0.2, 0) is 24.3 Å². The van der Waals surface area contributed by atoms with Gasteiger partial charge in [0, 0.05) is 12.2 Å². The van der Waals surface area contributed by atoms with Gasteiger partial charge in [0.1, 0.15) is 5.54 Å². The predicted octanol–water partition coefficient (Wildman–Crippen LogP) is 4.88. The van der Waals surface area contributed by atoms with Crippen molar-refractivity contribution in [1.82, 2.24) is 15.5 Å². The summed E-state index contributed by atoms with van der Waals surface area (Å²) in [5.41, 5.74) is 5.20. The third-order valence-corrected chi connectivity index (χ3v) is 6.43. The minimum absolute atomic E-state index is 0.0859. The highest BCUT2D eigenvalue weighted by molar-refractivity contribution is 6.07. The van der Waals surface area contributed by atoms with Gasteiger partial charge in [-0.1, -0.05) is 60.7 Å². The number of nitrogens with one attached hydrogen (secondary N) is 4. The monoisotopic (exact) mass is 483 g/mol. The molecule has 1 aliphatic heterocycles. The van der Waals surface area contributed by atoms with Gasteiger partial charge in [-0.05, 0) is 73.6 Å². The van der Waals surface area contributed by atoms with Crippen LogP contribution in [0, 0.1) is 19.3 Å². The van der Waals surface area contributed by atoms with Crippen LogP contribution in [0.25, 0.3) is 0 Å². The Balaban J connectivity index is 1.29. The second-order valence-corrected chi connectivity index (χ2v) is 9.68. The Bertz CT molecular complexity index is 1240. The lowest BCUT2D eigenvalue weighted by molar-refractivity contribution is -0.131. The molecule has 0 saturated carbocycles. The standard InChI is InChI=1S/C29H33N5O2/c1-20-15-21(2)17-25(16-20)32-28(36)31-18-23-9-11-24(12-10-23)19-34-26(35)29(3,33-27(34)30)14-13-22-7-5-4-6-8-22/h4-12,15-17H,13-14,18-19H2,1-3H3,(H2,30,33)(H2,31,32,36)/t29-/m1/s1. The molecule has 1 aliphatic rings. The Morgan fingerprint density at radius 2 is 1.58 bits per heavy atom. The molecule has 3 amide bonds. The van der Waals surface area contributed by atoms with E-state index in [1.165, 1.54) is 10.5 Å². The molecule has 7 heteroatoms. The zero-order valence-electron chi connectivity index (χ0n) is 21.0. The van der Waals surface area contributed by atoms with E-state index in [-0.39, 0.29) is 17.9 Å². The summed E-state index contributed by atoms with van der Waals surface area (Å²) in [5, 5.41) is 17.2. The summed E-state index contributed by atoms with van der Waals surface area (Å²) < 4.78 is 0. The maximum absolute atomic E-state index is 13.2. The van der Waals surface area contributed by atoms with E-state index in [9.17, 15) is 9.59 Å². The molecule has 4 rings (SSSR count). The Morgan fingerprint density at radius 3 is 2.25 bits per heavy atom. The fraction of sp³-hybridized carbons (Fsp3) is 0.276. The van der Waals surface area contributed by atoms with E-state index in [2.05, 4.69) is 34.1 Å². The van der Waals surface area contributed by atoms with Gasteiger partial charge >= 0.3 is 6.03 Å². The molecule has 1 fully saturated rings. The first-order valence-electron chi connectivity index (χ1n) is 12.2. The van der Waals surface area contributed by atoms with Crippen molar-refractivity contribution >= 4 is 23.6 Å². The Labute approximate surface area is 212 Å². The van der Waals surface area contributed by atoms with Crippen LogP contribution in [0.5, 0.6) is 0 Å². The minimum atomic E-state index is -0.792. The fourth-order valence-corrected chi connectivity index (χ4v) is 4.49. The number of carbonyl (C=O) groups excluding carboxylic acids is 2. The van der Waals surface area contributed by atoms with Gasteiger partial charge in [-0.25, -0.2) is 4.79 Å². The van der Waals surface area contributed by atoms with Crippen molar-refractivity contribution < 1.29 is 9.59 Å². The second-order valence-electron chi connectivity index (χ2n) is 9.68. The number of benzene rings is 3. The average molecular weight is 484 g/mol. The zero-order valence-corrected chi connectivity index (χ0v) is 21.0. The minimum Gasteiger partial charge on any atom is -0.342 e. The van der Waals surface area contributed by atoms with Crippen LogP contribution in [0.4, 0.5) is 10.5 Å². The molecule has 0 bridgehead atoms.